The van der Waals surface area contributed by atoms with Crippen molar-refractivity contribution in [1.82, 2.24) is 0 Å². The normalized spacial score (nSPS) is 14.7. The average molecular weight is 310 g/mol. The van der Waals surface area contributed by atoms with Crippen molar-refractivity contribution in [2.24, 2.45) is 0 Å². The Morgan fingerprint density at radius 3 is 1.86 bits per heavy atom. The maximum absolute atomic E-state index is 14.0. The van der Waals surface area contributed by atoms with Crippen LogP contribution in [0.4, 0.5) is 17.6 Å². The number of ether oxygens (including phenoxy) is 2. The molecule has 0 aliphatic carbocycles. The van der Waals surface area contributed by atoms with Crippen molar-refractivity contribution in [3.8, 4) is 11.5 Å². The topological polar surface area (TPSA) is 38.7 Å². The number of rotatable bonds is 6. The third kappa shape index (κ3) is 3.40. The lowest BCUT2D eigenvalue weighted by Gasteiger charge is -2.30. The third-order valence-corrected chi connectivity index (χ3v) is 3.06. The zero-order chi connectivity index (χ0) is 16.3. The van der Waals surface area contributed by atoms with E-state index < -0.39 is 29.6 Å². The molecule has 0 spiro atoms. The lowest BCUT2D eigenvalue weighted by Crippen LogP contribution is -2.42. The van der Waals surface area contributed by atoms with Gasteiger partial charge >= 0.3 is 6.18 Å². The van der Waals surface area contributed by atoms with Crippen LogP contribution in [0.1, 0.15) is 32.8 Å². The minimum Gasteiger partial charge on any atom is -0.490 e. The van der Waals surface area contributed by atoms with Crippen LogP contribution in [0.5, 0.6) is 11.5 Å². The highest BCUT2D eigenvalue weighted by molar-refractivity contribution is 5.46. The van der Waals surface area contributed by atoms with Crippen molar-refractivity contribution in [3.63, 3.8) is 0 Å². The van der Waals surface area contributed by atoms with Crippen molar-refractivity contribution in [2.45, 2.75) is 39.0 Å². The SMILES string of the molecule is CCOc1cc(F)c(C(O)(CC)C(F)(F)F)cc1OCC. The molecule has 1 rings (SSSR count). The Labute approximate surface area is 120 Å². The highest BCUT2D eigenvalue weighted by Crippen LogP contribution is 2.45. The Morgan fingerprint density at radius 1 is 1.00 bits per heavy atom. The van der Waals surface area contributed by atoms with Gasteiger partial charge in [0.15, 0.2) is 17.1 Å². The molecule has 0 amide bonds. The maximum atomic E-state index is 14.0. The van der Waals surface area contributed by atoms with E-state index in [2.05, 4.69) is 0 Å². The standard InChI is InChI=1S/C14H18F4O3/c1-4-13(19,14(16,17)18)9-7-11(20-5-2)12(21-6-3)8-10(9)15/h7-8,19H,4-6H2,1-3H3. The quantitative estimate of drug-likeness (QED) is 0.813. The lowest BCUT2D eigenvalue weighted by atomic mass is 9.89. The molecule has 0 aliphatic heterocycles. The molecule has 0 saturated carbocycles. The first kappa shape index (κ1) is 17.6. The van der Waals surface area contributed by atoms with E-state index in [0.717, 1.165) is 19.1 Å². The molecule has 0 aliphatic rings. The van der Waals surface area contributed by atoms with Crippen LogP contribution < -0.4 is 9.47 Å². The van der Waals surface area contributed by atoms with Crippen LogP contribution in [0, 0.1) is 5.82 Å². The summed E-state index contributed by atoms with van der Waals surface area (Å²) < 4.78 is 63.5. The lowest BCUT2D eigenvalue weighted by molar-refractivity contribution is -0.268. The molecule has 1 atom stereocenters. The summed E-state index contributed by atoms with van der Waals surface area (Å²) in [7, 11) is 0. The summed E-state index contributed by atoms with van der Waals surface area (Å²) in [6, 6.07) is 1.65. The largest absolute Gasteiger partial charge is 0.490 e. The molecule has 1 unspecified atom stereocenters. The predicted molar refractivity (Wildman–Crippen MR) is 69.0 cm³/mol. The summed E-state index contributed by atoms with van der Waals surface area (Å²) in [6.07, 6.45) is -5.72. The monoisotopic (exact) mass is 310 g/mol. The van der Waals surface area contributed by atoms with Crippen LogP contribution in [0.25, 0.3) is 0 Å². The van der Waals surface area contributed by atoms with Gasteiger partial charge in [-0.2, -0.15) is 13.2 Å². The third-order valence-electron chi connectivity index (χ3n) is 3.06. The van der Waals surface area contributed by atoms with Gasteiger partial charge in [0, 0.05) is 11.6 Å². The number of benzene rings is 1. The molecule has 1 aromatic carbocycles. The first-order valence-electron chi connectivity index (χ1n) is 6.59. The molecule has 1 aromatic rings. The van der Waals surface area contributed by atoms with E-state index in [9.17, 15) is 22.7 Å². The fourth-order valence-electron chi connectivity index (χ4n) is 1.93. The van der Waals surface area contributed by atoms with E-state index in [1.807, 2.05) is 0 Å². The van der Waals surface area contributed by atoms with E-state index >= 15 is 0 Å². The van der Waals surface area contributed by atoms with Gasteiger partial charge in [0.25, 0.3) is 0 Å². The summed E-state index contributed by atoms with van der Waals surface area (Å²) in [6.45, 7) is 4.79. The molecule has 21 heavy (non-hydrogen) atoms. The van der Waals surface area contributed by atoms with Gasteiger partial charge in [0.1, 0.15) is 5.82 Å². The molecular weight excluding hydrogens is 292 g/mol. The number of hydrogen-bond acceptors (Lipinski definition) is 3. The minimum atomic E-state index is -5.00. The molecule has 0 saturated heterocycles. The summed E-state index contributed by atoms with van der Waals surface area (Å²) in [5.74, 6) is -1.23. The molecule has 120 valence electrons. The second-order valence-corrected chi connectivity index (χ2v) is 4.36. The molecule has 1 N–H and O–H groups in total. The van der Waals surface area contributed by atoms with Gasteiger partial charge in [-0.05, 0) is 26.3 Å². The molecule has 0 heterocycles. The highest BCUT2D eigenvalue weighted by atomic mass is 19.4. The summed E-state index contributed by atoms with van der Waals surface area (Å²) in [5.41, 5.74) is -4.14. The van der Waals surface area contributed by atoms with Crippen molar-refractivity contribution < 1.29 is 32.1 Å². The van der Waals surface area contributed by atoms with Crippen molar-refractivity contribution in [3.05, 3.63) is 23.5 Å². The molecule has 0 radical (unpaired) electrons. The van der Waals surface area contributed by atoms with Gasteiger partial charge in [0.05, 0.1) is 13.2 Å². The summed E-state index contributed by atoms with van der Waals surface area (Å²) in [5, 5.41) is 9.86. The smallest absolute Gasteiger partial charge is 0.421 e. The minimum absolute atomic E-state index is 0.00114. The Kier molecular flexibility index (Phi) is 5.44. The molecule has 0 aromatic heterocycles. The zero-order valence-electron chi connectivity index (χ0n) is 12.1. The second-order valence-electron chi connectivity index (χ2n) is 4.36. The number of aliphatic hydroxyl groups is 1. The van der Waals surface area contributed by atoms with Crippen LogP contribution in [0.15, 0.2) is 12.1 Å². The van der Waals surface area contributed by atoms with Gasteiger partial charge in [-0.3, -0.25) is 0 Å². The van der Waals surface area contributed by atoms with E-state index in [1.165, 1.54) is 0 Å². The van der Waals surface area contributed by atoms with Gasteiger partial charge < -0.3 is 14.6 Å². The average Bonchev–Trinajstić information content (AvgIpc) is 2.40. The molecule has 7 heteroatoms. The Hall–Kier alpha value is -1.50. The van der Waals surface area contributed by atoms with Crippen LogP contribution in [0.3, 0.4) is 0 Å². The van der Waals surface area contributed by atoms with E-state index in [1.54, 1.807) is 13.8 Å². The van der Waals surface area contributed by atoms with Gasteiger partial charge in [-0.15, -0.1) is 0 Å². The van der Waals surface area contributed by atoms with Crippen LogP contribution in [0.2, 0.25) is 0 Å². The fourth-order valence-corrected chi connectivity index (χ4v) is 1.93. The summed E-state index contributed by atoms with van der Waals surface area (Å²) >= 11 is 0. The van der Waals surface area contributed by atoms with Crippen molar-refractivity contribution in [2.75, 3.05) is 13.2 Å². The molecule has 0 bridgehead atoms. The van der Waals surface area contributed by atoms with Crippen molar-refractivity contribution in [1.29, 1.82) is 0 Å². The highest BCUT2D eigenvalue weighted by Gasteiger charge is 2.55. The van der Waals surface area contributed by atoms with E-state index in [-0.39, 0.29) is 24.7 Å². The van der Waals surface area contributed by atoms with Crippen molar-refractivity contribution >= 4 is 0 Å². The predicted octanol–water partition coefficient (Wildman–Crippen LogP) is 3.78. The van der Waals surface area contributed by atoms with Gasteiger partial charge in [-0.1, -0.05) is 6.92 Å². The Balaban J connectivity index is 3.46. The van der Waals surface area contributed by atoms with E-state index in [0.29, 0.717) is 0 Å². The number of halogens is 4. The first-order chi connectivity index (χ1) is 9.71. The van der Waals surface area contributed by atoms with Gasteiger partial charge in [-0.25, -0.2) is 4.39 Å². The maximum Gasteiger partial charge on any atom is 0.421 e. The van der Waals surface area contributed by atoms with Crippen LogP contribution in [-0.4, -0.2) is 24.5 Å². The number of alkyl halides is 3. The first-order valence-corrected chi connectivity index (χ1v) is 6.59. The van der Waals surface area contributed by atoms with E-state index in [4.69, 9.17) is 9.47 Å². The Bertz CT molecular complexity index is 488. The zero-order valence-corrected chi connectivity index (χ0v) is 12.1. The van der Waals surface area contributed by atoms with Gasteiger partial charge in [0.2, 0.25) is 0 Å². The molecule has 0 fully saturated rings. The molecule has 3 nitrogen and oxygen atoms in total. The fraction of sp³-hybridized carbons (Fsp3) is 0.571. The summed E-state index contributed by atoms with van der Waals surface area (Å²) in [4.78, 5) is 0. The second kappa shape index (κ2) is 6.51. The van der Waals surface area contributed by atoms with Crippen LogP contribution in [-0.2, 0) is 5.60 Å². The number of hydrogen-bond donors (Lipinski definition) is 1. The van der Waals surface area contributed by atoms with Crippen LogP contribution >= 0.6 is 0 Å². The Morgan fingerprint density at radius 2 is 1.48 bits per heavy atom. The molecular formula is C14H18F4O3.